The molecule has 0 aliphatic heterocycles. The second-order valence-corrected chi connectivity index (χ2v) is 4.38. The van der Waals surface area contributed by atoms with E-state index in [9.17, 15) is 9.18 Å². The third-order valence-electron chi connectivity index (χ3n) is 2.70. The minimum absolute atomic E-state index is 0.0245. The van der Waals surface area contributed by atoms with Crippen LogP contribution in [0.5, 0.6) is 0 Å². The molecule has 1 rings (SSSR count). The average Bonchev–Trinajstić information content (AvgIpc) is 2.29. The van der Waals surface area contributed by atoms with Crippen molar-refractivity contribution in [3.8, 4) is 0 Å². The standard InChI is InChI=1S/C14H20FNO/c1-3-4-5-9-16(2)11-14(17)12-7-6-8-13(15)10-12/h6-8,10H,3-5,9,11H2,1-2H3. The molecule has 0 atom stereocenters. The number of nitrogens with zero attached hydrogens (tertiary/aromatic N) is 1. The molecule has 17 heavy (non-hydrogen) atoms. The Bertz CT molecular complexity index is 365. The molecule has 0 radical (unpaired) electrons. The molecule has 0 saturated heterocycles. The van der Waals surface area contributed by atoms with Crippen LogP contribution in [-0.2, 0) is 0 Å². The highest BCUT2D eigenvalue weighted by molar-refractivity contribution is 5.97. The molecule has 3 heteroatoms. The largest absolute Gasteiger partial charge is 0.299 e. The Kier molecular flexibility index (Phi) is 5.84. The monoisotopic (exact) mass is 237 g/mol. The molecule has 0 bridgehead atoms. The number of halogens is 1. The van der Waals surface area contributed by atoms with Crippen molar-refractivity contribution in [2.24, 2.45) is 0 Å². The summed E-state index contributed by atoms with van der Waals surface area (Å²) >= 11 is 0. The summed E-state index contributed by atoms with van der Waals surface area (Å²) < 4.78 is 12.9. The quantitative estimate of drug-likeness (QED) is 0.536. The van der Waals surface area contributed by atoms with Crippen LogP contribution in [0.3, 0.4) is 0 Å². The zero-order valence-corrected chi connectivity index (χ0v) is 10.6. The number of hydrogen-bond donors (Lipinski definition) is 0. The molecular formula is C14H20FNO. The van der Waals surface area contributed by atoms with Crippen LogP contribution in [0, 0.1) is 5.82 Å². The van der Waals surface area contributed by atoms with Gasteiger partial charge in [0.15, 0.2) is 5.78 Å². The average molecular weight is 237 g/mol. The molecule has 94 valence electrons. The normalized spacial score (nSPS) is 10.8. The van der Waals surface area contributed by atoms with E-state index in [2.05, 4.69) is 6.92 Å². The van der Waals surface area contributed by atoms with E-state index >= 15 is 0 Å². The molecule has 0 heterocycles. The summed E-state index contributed by atoms with van der Waals surface area (Å²) in [7, 11) is 1.92. The number of unbranched alkanes of at least 4 members (excludes halogenated alkanes) is 2. The number of hydrogen-bond acceptors (Lipinski definition) is 2. The van der Waals surface area contributed by atoms with Gasteiger partial charge in [-0.15, -0.1) is 0 Å². The Labute approximate surface area is 102 Å². The Morgan fingerprint density at radius 3 is 2.76 bits per heavy atom. The minimum atomic E-state index is -0.357. The van der Waals surface area contributed by atoms with Gasteiger partial charge >= 0.3 is 0 Å². The Morgan fingerprint density at radius 1 is 1.35 bits per heavy atom. The smallest absolute Gasteiger partial charge is 0.176 e. The van der Waals surface area contributed by atoms with Crippen LogP contribution in [0.1, 0.15) is 36.5 Å². The van der Waals surface area contributed by atoms with E-state index in [-0.39, 0.29) is 11.6 Å². The first-order valence-electron chi connectivity index (χ1n) is 6.10. The molecule has 0 N–H and O–H groups in total. The summed E-state index contributed by atoms with van der Waals surface area (Å²) in [6, 6.07) is 5.87. The topological polar surface area (TPSA) is 20.3 Å². The van der Waals surface area contributed by atoms with Gasteiger partial charge in [0.05, 0.1) is 6.54 Å². The van der Waals surface area contributed by atoms with E-state index < -0.39 is 0 Å². The maximum absolute atomic E-state index is 12.9. The van der Waals surface area contributed by atoms with E-state index in [1.165, 1.54) is 25.0 Å². The maximum atomic E-state index is 12.9. The summed E-state index contributed by atoms with van der Waals surface area (Å²) in [6.45, 7) is 3.42. The van der Waals surface area contributed by atoms with E-state index in [1.807, 2.05) is 11.9 Å². The highest BCUT2D eigenvalue weighted by atomic mass is 19.1. The van der Waals surface area contributed by atoms with Gasteiger partial charge in [0.2, 0.25) is 0 Å². The van der Waals surface area contributed by atoms with Crippen LogP contribution in [0.25, 0.3) is 0 Å². The van der Waals surface area contributed by atoms with Crippen molar-refractivity contribution in [2.45, 2.75) is 26.2 Å². The lowest BCUT2D eigenvalue weighted by Crippen LogP contribution is -2.27. The fourth-order valence-corrected chi connectivity index (χ4v) is 1.71. The Balaban J connectivity index is 2.43. The highest BCUT2D eigenvalue weighted by Crippen LogP contribution is 2.05. The van der Waals surface area contributed by atoms with Crippen molar-refractivity contribution in [2.75, 3.05) is 20.1 Å². The van der Waals surface area contributed by atoms with Gasteiger partial charge in [-0.25, -0.2) is 4.39 Å². The number of benzene rings is 1. The van der Waals surface area contributed by atoms with Crippen molar-refractivity contribution >= 4 is 5.78 Å². The summed E-state index contributed by atoms with van der Waals surface area (Å²) in [4.78, 5) is 13.8. The molecular weight excluding hydrogens is 217 g/mol. The minimum Gasteiger partial charge on any atom is -0.299 e. The van der Waals surface area contributed by atoms with Gasteiger partial charge in [-0.2, -0.15) is 0 Å². The van der Waals surface area contributed by atoms with Crippen LogP contribution >= 0.6 is 0 Å². The predicted octanol–water partition coefficient (Wildman–Crippen LogP) is 3.13. The number of rotatable bonds is 7. The van der Waals surface area contributed by atoms with Crippen LogP contribution < -0.4 is 0 Å². The summed E-state index contributed by atoms with van der Waals surface area (Å²) in [5.74, 6) is -0.381. The van der Waals surface area contributed by atoms with Crippen molar-refractivity contribution in [1.82, 2.24) is 4.90 Å². The Hall–Kier alpha value is -1.22. The third-order valence-corrected chi connectivity index (χ3v) is 2.70. The van der Waals surface area contributed by atoms with Gasteiger partial charge in [-0.1, -0.05) is 31.9 Å². The molecule has 0 aromatic heterocycles. The van der Waals surface area contributed by atoms with Crippen molar-refractivity contribution in [1.29, 1.82) is 0 Å². The van der Waals surface area contributed by atoms with Gasteiger partial charge < -0.3 is 0 Å². The first kappa shape index (κ1) is 13.8. The highest BCUT2D eigenvalue weighted by Gasteiger charge is 2.09. The van der Waals surface area contributed by atoms with Crippen molar-refractivity contribution in [3.63, 3.8) is 0 Å². The van der Waals surface area contributed by atoms with Crippen molar-refractivity contribution < 1.29 is 9.18 Å². The molecule has 0 amide bonds. The second kappa shape index (κ2) is 7.17. The number of ketones is 1. The molecule has 1 aromatic rings. The van der Waals surface area contributed by atoms with Crippen molar-refractivity contribution in [3.05, 3.63) is 35.6 Å². The lowest BCUT2D eigenvalue weighted by molar-refractivity contribution is 0.0945. The molecule has 0 aliphatic carbocycles. The lowest BCUT2D eigenvalue weighted by Gasteiger charge is -2.15. The molecule has 0 spiro atoms. The van der Waals surface area contributed by atoms with Crippen LogP contribution in [0.2, 0.25) is 0 Å². The molecule has 0 unspecified atom stereocenters. The van der Waals surface area contributed by atoms with Crippen LogP contribution in [-0.4, -0.2) is 30.8 Å². The van der Waals surface area contributed by atoms with Gasteiger partial charge in [-0.3, -0.25) is 9.69 Å². The second-order valence-electron chi connectivity index (χ2n) is 4.38. The molecule has 0 fully saturated rings. The molecule has 2 nitrogen and oxygen atoms in total. The molecule has 0 aliphatic rings. The number of Topliss-reactive ketones (excluding diaryl/α,β-unsaturated/α-hetero) is 1. The zero-order chi connectivity index (χ0) is 12.7. The fourth-order valence-electron chi connectivity index (χ4n) is 1.71. The third kappa shape index (κ3) is 5.09. The first-order valence-corrected chi connectivity index (χ1v) is 6.10. The predicted molar refractivity (Wildman–Crippen MR) is 67.8 cm³/mol. The Morgan fingerprint density at radius 2 is 2.12 bits per heavy atom. The molecule has 0 saturated carbocycles. The number of likely N-dealkylation sites (N-methyl/N-ethyl adjacent to an activating group) is 1. The maximum Gasteiger partial charge on any atom is 0.176 e. The summed E-state index contributed by atoms with van der Waals surface area (Å²) in [5, 5.41) is 0. The zero-order valence-electron chi connectivity index (χ0n) is 10.6. The van der Waals surface area contributed by atoms with Crippen LogP contribution in [0.15, 0.2) is 24.3 Å². The van der Waals surface area contributed by atoms with E-state index in [4.69, 9.17) is 0 Å². The summed E-state index contributed by atoms with van der Waals surface area (Å²) in [5.41, 5.74) is 0.451. The SMILES string of the molecule is CCCCCN(C)CC(=O)c1cccc(F)c1. The van der Waals surface area contributed by atoms with Crippen LogP contribution in [0.4, 0.5) is 4.39 Å². The first-order chi connectivity index (χ1) is 8.13. The van der Waals surface area contributed by atoms with Gasteiger partial charge in [-0.05, 0) is 32.1 Å². The van der Waals surface area contributed by atoms with E-state index in [0.29, 0.717) is 12.1 Å². The summed E-state index contributed by atoms with van der Waals surface area (Å²) in [6.07, 6.45) is 3.45. The number of carbonyl (C=O) groups is 1. The number of carbonyl (C=O) groups excluding carboxylic acids is 1. The van der Waals surface area contributed by atoms with E-state index in [0.717, 1.165) is 13.0 Å². The van der Waals surface area contributed by atoms with Gasteiger partial charge in [0.25, 0.3) is 0 Å². The van der Waals surface area contributed by atoms with E-state index in [1.54, 1.807) is 12.1 Å². The molecule has 1 aromatic carbocycles. The van der Waals surface area contributed by atoms with Gasteiger partial charge in [0, 0.05) is 5.56 Å². The lowest BCUT2D eigenvalue weighted by atomic mass is 10.1. The van der Waals surface area contributed by atoms with Gasteiger partial charge in [0.1, 0.15) is 5.82 Å². The fraction of sp³-hybridized carbons (Fsp3) is 0.500.